The fourth-order valence-corrected chi connectivity index (χ4v) is 1.65. The number of carbonyl (C=O) groups excluding carboxylic acids is 1. The van der Waals surface area contributed by atoms with Gasteiger partial charge < -0.3 is 15.8 Å². The second-order valence-corrected chi connectivity index (χ2v) is 5.57. The first-order valence-corrected chi connectivity index (χ1v) is 5.93. The van der Waals surface area contributed by atoms with Crippen LogP contribution in [0.15, 0.2) is 0 Å². The summed E-state index contributed by atoms with van der Waals surface area (Å²) in [7, 11) is 1.70. The maximum atomic E-state index is 11.9. The summed E-state index contributed by atoms with van der Waals surface area (Å²) in [6, 6.07) is 0. The van der Waals surface area contributed by atoms with Gasteiger partial charge in [-0.05, 0) is 24.7 Å². The number of ether oxygens (including phenoxy) is 1. The van der Waals surface area contributed by atoms with E-state index >= 15 is 0 Å². The molecule has 4 nitrogen and oxygen atoms in total. The monoisotopic (exact) mass is 228 g/mol. The van der Waals surface area contributed by atoms with Gasteiger partial charge in [0.25, 0.3) is 0 Å². The van der Waals surface area contributed by atoms with Crippen molar-refractivity contribution < 1.29 is 9.53 Å². The summed E-state index contributed by atoms with van der Waals surface area (Å²) in [6.45, 7) is 6.15. The minimum atomic E-state index is -0.239. The lowest BCUT2D eigenvalue weighted by Crippen LogP contribution is -2.41. The van der Waals surface area contributed by atoms with Gasteiger partial charge in [-0.1, -0.05) is 13.8 Å². The number of nitrogens with one attached hydrogen (secondary N) is 1. The molecule has 1 aliphatic rings. The number of nitrogens with two attached hydrogens (primary N) is 1. The largest absolute Gasteiger partial charge is 0.385 e. The van der Waals surface area contributed by atoms with Gasteiger partial charge in [0, 0.05) is 26.8 Å². The molecule has 94 valence electrons. The first-order valence-electron chi connectivity index (χ1n) is 5.93. The average Bonchev–Trinajstić information content (AvgIpc) is 3.04. The van der Waals surface area contributed by atoms with Gasteiger partial charge >= 0.3 is 0 Å². The van der Waals surface area contributed by atoms with Gasteiger partial charge in [0.2, 0.25) is 5.91 Å². The van der Waals surface area contributed by atoms with Crippen molar-refractivity contribution in [2.45, 2.75) is 33.1 Å². The third kappa shape index (κ3) is 3.46. The second-order valence-electron chi connectivity index (χ2n) is 5.57. The third-order valence-corrected chi connectivity index (χ3v) is 3.44. The van der Waals surface area contributed by atoms with Crippen molar-refractivity contribution in [1.82, 2.24) is 5.32 Å². The van der Waals surface area contributed by atoms with Gasteiger partial charge in [0.05, 0.1) is 5.41 Å². The van der Waals surface area contributed by atoms with Crippen LogP contribution in [0.25, 0.3) is 0 Å². The van der Waals surface area contributed by atoms with E-state index in [4.69, 9.17) is 10.5 Å². The highest BCUT2D eigenvalue weighted by molar-refractivity contribution is 5.85. The highest BCUT2D eigenvalue weighted by Gasteiger charge is 2.48. The van der Waals surface area contributed by atoms with Crippen molar-refractivity contribution in [2.75, 3.05) is 26.8 Å². The van der Waals surface area contributed by atoms with E-state index in [0.717, 1.165) is 25.9 Å². The van der Waals surface area contributed by atoms with E-state index in [1.807, 2.05) is 0 Å². The number of hydrogen-bond donors (Lipinski definition) is 2. The molecule has 3 N–H and O–H groups in total. The van der Waals surface area contributed by atoms with Gasteiger partial charge in [-0.3, -0.25) is 4.79 Å². The van der Waals surface area contributed by atoms with E-state index in [2.05, 4.69) is 19.2 Å². The van der Waals surface area contributed by atoms with Crippen LogP contribution in [0.5, 0.6) is 0 Å². The Kier molecular flexibility index (Phi) is 4.33. The lowest BCUT2D eigenvalue weighted by Gasteiger charge is -2.25. The van der Waals surface area contributed by atoms with Crippen LogP contribution in [0.2, 0.25) is 0 Å². The summed E-state index contributed by atoms with van der Waals surface area (Å²) in [4.78, 5) is 11.9. The van der Waals surface area contributed by atoms with E-state index < -0.39 is 0 Å². The minimum absolute atomic E-state index is 0.0797. The topological polar surface area (TPSA) is 64.3 Å². The predicted molar refractivity (Wildman–Crippen MR) is 64.0 cm³/mol. The van der Waals surface area contributed by atoms with Crippen LogP contribution in [-0.4, -0.2) is 32.7 Å². The smallest absolute Gasteiger partial charge is 0.227 e. The SMILES string of the molecule is COCCC(C)(C)CNC(=O)C1(CN)CC1. The molecule has 0 saturated heterocycles. The molecule has 0 atom stereocenters. The average molecular weight is 228 g/mol. The van der Waals surface area contributed by atoms with Gasteiger partial charge in [-0.2, -0.15) is 0 Å². The zero-order chi connectivity index (χ0) is 12.2. The number of rotatable bonds is 7. The molecule has 0 aromatic carbocycles. The lowest BCUT2D eigenvalue weighted by molar-refractivity contribution is -0.126. The summed E-state index contributed by atoms with van der Waals surface area (Å²) in [6.07, 6.45) is 2.82. The zero-order valence-electron chi connectivity index (χ0n) is 10.6. The summed E-state index contributed by atoms with van der Waals surface area (Å²) >= 11 is 0. The van der Waals surface area contributed by atoms with Crippen LogP contribution in [0.1, 0.15) is 33.1 Å². The molecule has 1 fully saturated rings. The standard InChI is InChI=1S/C12H24N2O2/c1-11(2,6-7-16-3)9-14-10(15)12(8-13)4-5-12/h4-9,13H2,1-3H3,(H,14,15). The van der Waals surface area contributed by atoms with Crippen LogP contribution in [0.3, 0.4) is 0 Å². The van der Waals surface area contributed by atoms with E-state index in [9.17, 15) is 4.79 Å². The summed E-state index contributed by atoms with van der Waals surface area (Å²) < 4.78 is 5.05. The highest BCUT2D eigenvalue weighted by Crippen LogP contribution is 2.44. The molecule has 16 heavy (non-hydrogen) atoms. The van der Waals surface area contributed by atoms with Gasteiger partial charge in [0.15, 0.2) is 0 Å². The first-order chi connectivity index (χ1) is 7.46. The Labute approximate surface area is 97.9 Å². The molecule has 1 aliphatic carbocycles. The number of methoxy groups -OCH3 is 1. The molecular weight excluding hydrogens is 204 g/mol. The minimum Gasteiger partial charge on any atom is -0.385 e. The molecule has 1 saturated carbocycles. The van der Waals surface area contributed by atoms with Crippen molar-refractivity contribution in [3.05, 3.63) is 0 Å². The van der Waals surface area contributed by atoms with Crippen LogP contribution < -0.4 is 11.1 Å². The number of carbonyl (C=O) groups is 1. The fourth-order valence-electron chi connectivity index (χ4n) is 1.65. The maximum absolute atomic E-state index is 11.9. The molecule has 0 aromatic rings. The van der Waals surface area contributed by atoms with Gasteiger partial charge in [-0.15, -0.1) is 0 Å². The number of hydrogen-bond acceptors (Lipinski definition) is 3. The Hall–Kier alpha value is -0.610. The van der Waals surface area contributed by atoms with Crippen molar-refractivity contribution in [3.63, 3.8) is 0 Å². The Morgan fingerprint density at radius 2 is 2.12 bits per heavy atom. The van der Waals surface area contributed by atoms with Crippen molar-refractivity contribution in [3.8, 4) is 0 Å². The summed E-state index contributed by atoms with van der Waals surface area (Å²) in [5.41, 5.74) is 5.45. The molecular formula is C12H24N2O2. The summed E-state index contributed by atoms with van der Waals surface area (Å²) in [5.74, 6) is 0.125. The normalized spacial score (nSPS) is 18.2. The molecule has 0 spiro atoms. The molecule has 1 rings (SSSR count). The molecule has 0 heterocycles. The van der Waals surface area contributed by atoms with E-state index in [-0.39, 0.29) is 16.7 Å². The Bertz CT molecular complexity index is 247. The van der Waals surface area contributed by atoms with Crippen LogP contribution >= 0.6 is 0 Å². The van der Waals surface area contributed by atoms with E-state index in [0.29, 0.717) is 13.1 Å². The van der Waals surface area contributed by atoms with Crippen LogP contribution in [0.4, 0.5) is 0 Å². The molecule has 1 amide bonds. The molecule has 0 aromatic heterocycles. The first kappa shape index (κ1) is 13.5. The third-order valence-electron chi connectivity index (χ3n) is 3.44. The van der Waals surface area contributed by atoms with Gasteiger partial charge in [0.1, 0.15) is 0 Å². The van der Waals surface area contributed by atoms with Gasteiger partial charge in [-0.25, -0.2) is 0 Å². The highest BCUT2D eigenvalue weighted by atomic mass is 16.5. The molecule has 0 radical (unpaired) electrons. The molecule has 4 heteroatoms. The lowest BCUT2D eigenvalue weighted by atomic mass is 9.89. The number of amides is 1. The van der Waals surface area contributed by atoms with Crippen molar-refractivity contribution >= 4 is 5.91 Å². The predicted octanol–water partition coefficient (Wildman–Crippen LogP) is 0.904. The van der Waals surface area contributed by atoms with E-state index in [1.54, 1.807) is 7.11 Å². The van der Waals surface area contributed by atoms with Crippen molar-refractivity contribution in [2.24, 2.45) is 16.6 Å². The molecule has 0 bridgehead atoms. The van der Waals surface area contributed by atoms with E-state index in [1.165, 1.54) is 0 Å². The second kappa shape index (κ2) is 5.15. The summed E-state index contributed by atoms with van der Waals surface area (Å²) in [5, 5.41) is 3.01. The Morgan fingerprint density at radius 3 is 2.56 bits per heavy atom. The molecule has 0 aliphatic heterocycles. The molecule has 0 unspecified atom stereocenters. The van der Waals surface area contributed by atoms with Crippen LogP contribution in [0, 0.1) is 10.8 Å². The van der Waals surface area contributed by atoms with Crippen LogP contribution in [-0.2, 0) is 9.53 Å². The fraction of sp³-hybridized carbons (Fsp3) is 0.917. The van der Waals surface area contributed by atoms with Crippen molar-refractivity contribution in [1.29, 1.82) is 0 Å². The quantitative estimate of drug-likeness (QED) is 0.680. The Balaban J connectivity index is 2.30. The Morgan fingerprint density at radius 1 is 1.50 bits per heavy atom. The maximum Gasteiger partial charge on any atom is 0.227 e. The zero-order valence-corrected chi connectivity index (χ0v) is 10.6.